The molecule has 9 heteroatoms. The van der Waals surface area contributed by atoms with E-state index in [4.69, 9.17) is 9.73 Å². The fraction of sp³-hybridized carbons (Fsp3) is 0.450. The number of carbonyl (C=O) groups is 1. The van der Waals surface area contributed by atoms with Gasteiger partial charge in [-0.1, -0.05) is 12.1 Å². The van der Waals surface area contributed by atoms with Crippen molar-refractivity contribution in [3.05, 3.63) is 48.3 Å². The van der Waals surface area contributed by atoms with Crippen LogP contribution in [0.5, 0.6) is 0 Å². The zero-order valence-electron chi connectivity index (χ0n) is 16.9. The summed E-state index contributed by atoms with van der Waals surface area (Å²) in [4.78, 5) is 18.1. The first kappa shape index (κ1) is 23.0. The number of nitrogens with zero attached hydrogens (tertiary/aromatic N) is 4. The largest absolute Gasteiger partial charge is 0.453 e. The fourth-order valence-electron chi connectivity index (χ4n) is 3.24. The van der Waals surface area contributed by atoms with Crippen molar-refractivity contribution >= 4 is 36.0 Å². The lowest BCUT2D eigenvalue weighted by molar-refractivity contribution is 0.111. The van der Waals surface area contributed by atoms with Crippen LogP contribution in [0.4, 0.5) is 4.79 Å². The van der Waals surface area contributed by atoms with Gasteiger partial charge in [0.1, 0.15) is 0 Å². The lowest BCUT2D eigenvalue weighted by Gasteiger charge is -2.32. The first-order chi connectivity index (χ1) is 13.7. The topological polar surface area (TPSA) is 83.8 Å². The van der Waals surface area contributed by atoms with Gasteiger partial charge in [-0.05, 0) is 43.5 Å². The molecule has 0 saturated carbocycles. The molecule has 2 N–H and O–H groups in total. The maximum absolute atomic E-state index is 11.6. The van der Waals surface area contributed by atoms with Crippen molar-refractivity contribution in [3.8, 4) is 5.69 Å². The quantitative estimate of drug-likeness (QED) is 0.366. The Morgan fingerprint density at radius 1 is 1.31 bits per heavy atom. The lowest BCUT2D eigenvalue weighted by atomic mass is 10.1. The van der Waals surface area contributed by atoms with E-state index in [1.165, 1.54) is 7.11 Å². The molecule has 158 valence electrons. The number of rotatable bonds is 5. The van der Waals surface area contributed by atoms with E-state index in [2.05, 4.69) is 34.8 Å². The highest BCUT2D eigenvalue weighted by Crippen LogP contribution is 2.12. The van der Waals surface area contributed by atoms with Gasteiger partial charge >= 0.3 is 6.09 Å². The van der Waals surface area contributed by atoms with Crippen LogP contribution < -0.4 is 10.6 Å². The summed E-state index contributed by atoms with van der Waals surface area (Å²) < 4.78 is 6.63. The average Bonchev–Trinajstić information content (AvgIpc) is 3.27. The second-order valence-corrected chi connectivity index (χ2v) is 6.69. The lowest BCUT2D eigenvalue weighted by Crippen LogP contribution is -2.49. The van der Waals surface area contributed by atoms with Crippen molar-refractivity contribution < 1.29 is 9.53 Å². The second kappa shape index (κ2) is 11.6. The van der Waals surface area contributed by atoms with Crippen molar-refractivity contribution in [2.45, 2.75) is 32.4 Å². The van der Waals surface area contributed by atoms with Crippen molar-refractivity contribution in [1.82, 2.24) is 25.3 Å². The number of hydrogen-bond acceptors (Lipinski definition) is 4. The number of nitrogens with one attached hydrogen (secondary N) is 2. The Bertz CT molecular complexity index is 788. The van der Waals surface area contributed by atoms with Gasteiger partial charge in [-0.15, -0.1) is 24.0 Å². The third-order valence-corrected chi connectivity index (χ3v) is 4.71. The molecular weight excluding hydrogens is 483 g/mol. The van der Waals surface area contributed by atoms with Crippen LogP contribution in [0.2, 0.25) is 0 Å². The highest BCUT2D eigenvalue weighted by molar-refractivity contribution is 14.0. The van der Waals surface area contributed by atoms with Crippen LogP contribution in [0, 0.1) is 0 Å². The maximum atomic E-state index is 11.6. The van der Waals surface area contributed by atoms with Gasteiger partial charge in [-0.2, -0.15) is 5.10 Å². The number of piperidine rings is 1. The molecule has 2 aromatic rings. The second-order valence-electron chi connectivity index (χ2n) is 6.69. The molecule has 1 saturated heterocycles. The molecule has 0 atom stereocenters. The Morgan fingerprint density at radius 2 is 2.10 bits per heavy atom. The Kier molecular flexibility index (Phi) is 9.23. The van der Waals surface area contributed by atoms with Crippen molar-refractivity contribution in [2.24, 2.45) is 4.99 Å². The van der Waals surface area contributed by atoms with Gasteiger partial charge < -0.3 is 20.3 Å². The molecule has 2 heterocycles. The molecule has 1 aromatic carbocycles. The Morgan fingerprint density at radius 3 is 2.76 bits per heavy atom. The molecule has 0 aliphatic carbocycles. The van der Waals surface area contributed by atoms with E-state index in [9.17, 15) is 4.79 Å². The Labute approximate surface area is 188 Å². The normalized spacial score (nSPS) is 14.8. The van der Waals surface area contributed by atoms with E-state index in [1.54, 1.807) is 11.1 Å². The first-order valence-corrected chi connectivity index (χ1v) is 9.66. The smallest absolute Gasteiger partial charge is 0.409 e. The van der Waals surface area contributed by atoms with Crippen LogP contribution in [-0.4, -0.2) is 59.5 Å². The number of halogens is 1. The van der Waals surface area contributed by atoms with Crippen LogP contribution in [0.1, 0.15) is 25.3 Å². The standard InChI is InChI=1S/C20H28N6O2.HI/c1-3-21-19(24-17-8-12-25(13-9-17)20(27)28-2)22-15-16-6-4-7-18(14-16)26-11-5-10-23-26;/h4-7,10-11,14,17H,3,8-9,12-13,15H2,1-2H3,(H2,21,22,24);1H. The van der Waals surface area contributed by atoms with Gasteiger partial charge in [0.25, 0.3) is 0 Å². The minimum Gasteiger partial charge on any atom is -0.453 e. The summed E-state index contributed by atoms with van der Waals surface area (Å²) in [5.74, 6) is 0.795. The monoisotopic (exact) mass is 512 g/mol. The molecule has 0 radical (unpaired) electrons. The molecular formula is C20H29IN6O2. The Balaban J connectivity index is 0.00000300. The molecule has 29 heavy (non-hydrogen) atoms. The van der Waals surface area contributed by atoms with Gasteiger partial charge in [0.05, 0.1) is 19.3 Å². The first-order valence-electron chi connectivity index (χ1n) is 9.66. The highest BCUT2D eigenvalue weighted by Gasteiger charge is 2.23. The maximum Gasteiger partial charge on any atom is 0.409 e. The number of likely N-dealkylation sites (tertiary alicyclic amines) is 1. The molecule has 1 aromatic heterocycles. The number of amides is 1. The molecule has 1 fully saturated rings. The number of carbonyl (C=O) groups excluding carboxylic acids is 1. The Hall–Kier alpha value is -2.30. The summed E-state index contributed by atoms with van der Waals surface area (Å²) in [5, 5.41) is 11.1. The van der Waals surface area contributed by atoms with E-state index in [0.29, 0.717) is 19.6 Å². The van der Waals surface area contributed by atoms with Crippen molar-refractivity contribution in [3.63, 3.8) is 0 Å². The third kappa shape index (κ3) is 6.62. The number of benzene rings is 1. The predicted octanol–water partition coefficient (Wildman–Crippen LogP) is 2.78. The summed E-state index contributed by atoms with van der Waals surface area (Å²) in [6.45, 7) is 4.80. The number of aliphatic imine (C=N–C) groups is 1. The van der Waals surface area contributed by atoms with E-state index < -0.39 is 0 Å². The summed E-state index contributed by atoms with van der Waals surface area (Å²) in [5.41, 5.74) is 2.14. The number of hydrogen-bond donors (Lipinski definition) is 2. The number of guanidine groups is 1. The summed E-state index contributed by atoms with van der Waals surface area (Å²) in [6, 6.07) is 10.4. The highest BCUT2D eigenvalue weighted by atomic mass is 127. The summed E-state index contributed by atoms with van der Waals surface area (Å²) in [6.07, 6.45) is 5.18. The minimum absolute atomic E-state index is 0. The van der Waals surface area contributed by atoms with Gasteiger partial charge in [-0.3, -0.25) is 0 Å². The third-order valence-electron chi connectivity index (χ3n) is 4.71. The van der Waals surface area contributed by atoms with Crippen molar-refractivity contribution in [2.75, 3.05) is 26.7 Å². The summed E-state index contributed by atoms with van der Waals surface area (Å²) >= 11 is 0. The molecule has 0 bridgehead atoms. The van der Waals surface area contributed by atoms with Gasteiger partial charge in [0.2, 0.25) is 0 Å². The van der Waals surface area contributed by atoms with Crippen LogP contribution >= 0.6 is 24.0 Å². The van der Waals surface area contributed by atoms with Crippen molar-refractivity contribution in [1.29, 1.82) is 0 Å². The van der Waals surface area contributed by atoms with Gasteiger partial charge in [0, 0.05) is 38.1 Å². The predicted molar refractivity (Wildman–Crippen MR) is 124 cm³/mol. The van der Waals surface area contributed by atoms with E-state index >= 15 is 0 Å². The van der Waals surface area contributed by atoms with Crippen LogP contribution in [0.15, 0.2) is 47.7 Å². The molecule has 1 aliphatic rings. The van der Waals surface area contributed by atoms with Gasteiger partial charge in [0.15, 0.2) is 5.96 Å². The van der Waals surface area contributed by atoms with E-state index in [0.717, 1.165) is 36.6 Å². The number of aromatic nitrogens is 2. The molecule has 1 aliphatic heterocycles. The van der Waals surface area contributed by atoms with Crippen LogP contribution in [0.25, 0.3) is 5.69 Å². The zero-order chi connectivity index (χ0) is 19.8. The SMILES string of the molecule is CCNC(=NCc1cccc(-n2cccn2)c1)NC1CCN(C(=O)OC)CC1.I. The average molecular weight is 512 g/mol. The van der Waals surface area contributed by atoms with Crippen LogP contribution in [-0.2, 0) is 11.3 Å². The zero-order valence-corrected chi connectivity index (χ0v) is 19.2. The van der Waals surface area contributed by atoms with Gasteiger partial charge in [-0.25, -0.2) is 14.5 Å². The number of methoxy groups -OCH3 is 1. The van der Waals surface area contributed by atoms with E-state index in [-0.39, 0.29) is 36.1 Å². The number of ether oxygens (including phenoxy) is 1. The molecule has 3 rings (SSSR count). The minimum atomic E-state index is -0.254. The molecule has 1 amide bonds. The van der Waals surface area contributed by atoms with Crippen LogP contribution in [0.3, 0.4) is 0 Å². The fourth-order valence-corrected chi connectivity index (χ4v) is 3.24. The van der Waals surface area contributed by atoms with E-state index in [1.807, 2.05) is 29.1 Å². The molecule has 0 unspecified atom stereocenters. The molecule has 0 spiro atoms. The molecule has 8 nitrogen and oxygen atoms in total. The summed E-state index contributed by atoms with van der Waals surface area (Å²) in [7, 11) is 1.42.